The molecule has 1 aromatic rings. The Bertz CT molecular complexity index is 609. The van der Waals surface area contributed by atoms with Gasteiger partial charge >= 0.3 is 0 Å². The maximum Gasteiger partial charge on any atom is 0.213 e. The largest absolute Gasteiger partial charge is 0.385 e. The van der Waals surface area contributed by atoms with Crippen LogP contribution in [0.3, 0.4) is 0 Å². The van der Waals surface area contributed by atoms with Gasteiger partial charge in [-0.15, -0.1) is 0 Å². The highest BCUT2D eigenvalue weighted by atomic mass is 32.2. The molecule has 0 atom stereocenters. The molecule has 0 aliphatic carbocycles. The molecule has 1 fully saturated rings. The zero-order valence-corrected chi connectivity index (χ0v) is 14.5. The van der Waals surface area contributed by atoms with Gasteiger partial charge in [-0.2, -0.15) is 0 Å². The first kappa shape index (κ1) is 18.3. The predicted molar refractivity (Wildman–Crippen MR) is 88.1 cm³/mol. The van der Waals surface area contributed by atoms with Crippen molar-refractivity contribution in [2.24, 2.45) is 0 Å². The first-order valence-corrected chi connectivity index (χ1v) is 9.45. The molecule has 130 valence electrons. The lowest BCUT2D eigenvalue weighted by atomic mass is 9.84. The summed E-state index contributed by atoms with van der Waals surface area (Å²) in [5, 5.41) is 10.7. The number of sulfonamides is 1. The van der Waals surface area contributed by atoms with E-state index in [0.717, 1.165) is 5.56 Å². The molecule has 2 rings (SSSR count). The van der Waals surface area contributed by atoms with Gasteiger partial charge in [0.15, 0.2) is 0 Å². The molecule has 0 bridgehead atoms. The van der Waals surface area contributed by atoms with Crippen molar-refractivity contribution in [1.29, 1.82) is 0 Å². The Kier molecular flexibility index (Phi) is 5.78. The second-order valence-corrected chi connectivity index (χ2v) is 8.63. The SMILES string of the molecule is CN(C)S(=O)(=O)CCCN1CCC(O)(c2ccc(F)cc2)CC1. The van der Waals surface area contributed by atoms with Gasteiger partial charge in [0.1, 0.15) is 5.82 Å². The molecule has 1 aromatic carbocycles. The summed E-state index contributed by atoms with van der Waals surface area (Å²) in [6, 6.07) is 6.00. The molecular weight excluding hydrogens is 319 g/mol. The van der Waals surface area contributed by atoms with Crippen LogP contribution in [0.25, 0.3) is 0 Å². The van der Waals surface area contributed by atoms with Crippen LogP contribution in [0.4, 0.5) is 4.39 Å². The Labute approximate surface area is 137 Å². The fourth-order valence-electron chi connectivity index (χ4n) is 2.85. The summed E-state index contributed by atoms with van der Waals surface area (Å²) in [6.45, 7) is 2.11. The molecule has 7 heteroatoms. The molecular formula is C16H25FN2O3S. The number of halogens is 1. The minimum atomic E-state index is -3.15. The van der Waals surface area contributed by atoms with E-state index in [2.05, 4.69) is 4.90 Å². The van der Waals surface area contributed by atoms with Crippen LogP contribution in [0.15, 0.2) is 24.3 Å². The normalized spacial score (nSPS) is 19.2. The topological polar surface area (TPSA) is 60.9 Å². The van der Waals surface area contributed by atoms with E-state index in [4.69, 9.17) is 0 Å². The molecule has 1 aliphatic heterocycles. The highest BCUT2D eigenvalue weighted by Gasteiger charge is 2.33. The van der Waals surface area contributed by atoms with Gasteiger partial charge in [-0.25, -0.2) is 17.1 Å². The van der Waals surface area contributed by atoms with Gasteiger partial charge < -0.3 is 10.0 Å². The van der Waals surface area contributed by atoms with Crippen molar-refractivity contribution in [1.82, 2.24) is 9.21 Å². The van der Waals surface area contributed by atoms with Crippen molar-refractivity contribution in [3.63, 3.8) is 0 Å². The Balaban J connectivity index is 1.83. The maximum atomic E-state index is 13.0. The van der Waals surface area contributed by atoms with Crippen molar-refractivity contribution in [3.05, 3.63) is 35.6 Å². The monoisotopic (exact) mass is 344 g/mol. The number of hydrogen-bond donors (Lipinski definition) is 1. The summed E-state index contributed by atoms with van der Waals surface area (Å²) in [7, 11) is -0.0657. The molecule has 0 unspecified atom stereocenters. The average Bonchev–Trinajstić information content (AvgIpc) is 2.50. The molecule has 0 saturated carbocycles. The lowest BCUT2D eigenvalue weighted by molar-refractivity contribution is -0.0257. The van der Waals surface area contributed by atoms with Crippen LogP contribution >= 0.6 is 0 Å². The number of rotatable bonds is 6. The van der Waals surface area contributed by atoms with E-state index >= 15 is 0 Å². The lowest BCUT2D eigenvalue weighted by Crippen LogP contribution is -2.43. The molecule has 5 nitrogen and oxygen atoms in total. The third kappa shape index (κ3) is 4.73. The number of hydrogen-bond acceptors (Lipinski definition) is 4. The van der Waals surface area contributed by atoms with E-state index < -0.39 is 15.6 Å². The molecule has 0 aromatic heterocycles. The van der Waals surface area contributed by atoms with E-state index in [0.29, 0.717) is 38.9 Å². The Morgan fingerprint density at radius 2 is 1.78 bits per heavy atom. The fraction of sp³-hybridized carbons (Fsp3) is 0.625. The molecule has 23 heavy (non-hydrogen) atoms. The summed E-state index contributed by atoms with van der Waals surface area (Å²) >= 11 is 0. The van der Waals surface area contributed by atoms with Gasteiger partial charge in [-0.3, -0.25) is 0 Å². The summed E-state index contributed by atoms with van der Waals surface area (Å²) in [4.78, 5) is 2.17. The summed E-state index contributed by atoms with van der Waals surface area (Å²) < 4.78 is 37.7. The number of nitrogens with zero attached hydrogens (tertiary/aromatic N) is 2. The van der Waals surface area contributed by atoms with E-state index in [1.807, 2.05) is 0 Å². The van der Waals surface area contributed by atoms with Crippen LogP contribution in [0, 0.1) is 5.82 Å². The van der Waals surface area contributed by atoms with Gasteiger partial charge in [0.05, 0.1) is 11.4 Å². The molecule has 0 radical (unpaired) electrons. The first-order valence-electron chi connectivity index (χ1n) is 7.84. The predicted octanol–water partition coefficient (Wildman–Crippen LogP) is 1.39. The zero-order chi connectivity index (χ0) is 17.1. The van der Waals surface area contributed by atoms with Crippen LogP contribution in [-0.2, 0) is 15.6 Å². The van der Waals surface area contributed by atoms with E-state index in [1.165, 1.54) is 16.4 Å². The maximum absolute atomic E-state index is 13.0. The summed E-state index contributed by atoms with van der Waals surface area (Å²) in [6.07, 6.45) is 1.72. The van der Waals surface area contributed by atoms with Crippen molar-refractivity contribution in [3.8, 4) is 0 Å². The first-order chi connectivity index (χ1) is 10.7. The van der Waals surface area contributed by atoms with Crippen LogP contribution in [-0.4, -0.2) is 62.2 Å². The summed E-state index contributed by atoms with van der Waals surface area (Å²) in [5.41, 5.74) is -0.173. The molecule has 1 heterocycles. The van der Waals surface area contributed by atoms with E-state index in [1.54, 1.807) is 26.2 Å². The third-order valence-electron chi connectivity index (χ3n) is 4.50. The van der Waals surface area contributed by atoms with Gasteiger partial charge in [-0.1, -0.05) is 12.1 Å². The Morgan fingerprint density at radius 1 is 1.22 bits per heavy atom. The highest BCUT2D eigenvalue weighted by Crippen LogP contribution is 2.32. The molecule has 0 amide bonds. The molecule has 1 N–H and O–H groups in total. The number of aliphatic hydroxyl groups is 1. The fourth-order valence-corrected chi connectivity index (χ4v) is 3.71. The van der Waals surface area contributed by atoms with Crippen LogP contribution in [0.5, 0.6) is 0 Å². The number of benzene rings is 1. The molecule has 0 spiro atoms. The third-order valence-corrected chi connectivity index (χ3v) is 6.42. The van der Waals surface area contributed by atoms with Gasteiger partial charge in [0, 0.05) is 27.2 Å². The average molecular weight is 344 g/mol. The minimum absolute atomic E-state index is 0.138. The van der Waals surface area contributed by atoms with E-state index in [9.17, 15) is 17.9 Å². The van der Waals surface area contributed by atoms with Crippen molar-refractivity contribution < 1.29 is 17.9 Å². The Hall–Kier alpha value is -1.02. The van der Waals surface area contributed by atoms with Gasteiger partial charge in [0.2, 0.25) is 10.0 Å². The molecule has 1 aliphatic rings. The highest BCUT2D eigenvalue weighted by molar-refractivity contribution is 7.89. The summed E-state index contributed by atoms with van der Waals surface area (Å²) in [5.74, 6) is -0.171. The Morgan fingerprint density at radius 3 is 2.30 bits per heavy atom. The zero-order valence-electron chi connectivity index (χ0n) is 13.7. The van der Waals surface area contributed by atoms with Crippen LogP contribution in [0.1, 0.15) is 24.8 Å². The van der Waals surface area contributed by atoms with Crippen LogP contribution in [0.2, 0.25) is 0 Å². The van der Waals surface area contributed by atoms with Crippen molar-refractivity contribution >= 4 is 10.0 Å². The standard InChI is InChI=1S/C16H25FN2O3S/c1-18(2)23(21,22)13-3-10-19-11-8-16(20,9-12-19)14-4-6-15(17)7-5-14/h4-7,20H,3,8-13H2,1-2H3. The quantitative estimate of drug-likeness (QED) is 0.847. The second-order valence-electron chi connectivity index (χ2n) is 6.33. The second kappa shape index (κ2) is 7.25. The van der Waals surface area contributed by atoms with Crippen molar-refractivity contribution in [2.75, 3.05) is 39.5 Å². The number of likely N-dealkylation sites (tertiary alicyclic amines) is 1. The number of piperidine rings is 1. The smallest absolute Gasteiger partial charge is 0.213 e. The minimum Gasteiger partial charge on any atom is -0.385 e. The van der Waals surface area contributed by atoms with Crippen molar-refractivity contribution in [2.45, 2.75) is 24.9 Å². The van der Waals surface area contributed by atoms with E-state index in [-0.39, 0.29) is 11.6 Å². The van der Waals surface area contributed by atoms with Gasteiger partial charge in [0.25, 0.3) is 0 Å². The molecule has 1 saturated heterocycles. The van der Waals surface area contributed by atoms with Crippen LogP contribution < -0.4 is 0 Å². The van der Waals surface area contributed by atoms with Gasteiger partial charge in [-0.05, 0) is 43.5 Å². The lowest BCUT2D eigenvalue weighted by Gasteiger charge is -2.38.